The Labute approximate surface area is 81.2 Å². The number of rotatable bonds is 1. The molecule has 0 unspecified atom stereocenters. The van der Waals surface area contributed by atoms with Crippen molar-refractivity contribution in [3.05, 3.63) is 39.4 Å². The van der Waals surface area contributed by atoms with Crippen LogP contribution in [0.1, 0.15) is 24.0 Å². The van der Waals surface area contributed by atoms with Crippen molar-refractivity contribution < 1.29 is 4.92 Å². The Bertz CT molecular complexity index is 398. The number of fused-ring (bicyclic) bond motifs is 1. The molecular formula is C10H10N2O2. The van der Waals surface area contributed by atoms with Crippen molar-refractivity contribution >= 4 is 11.4 Å². The molecule has 0 saturated carbocycles. The molecule has 1 N–H and O–H groups in total. The molecule has 72 valence electrons. The largest absolute Gasteiger partial charge is 0.305 e. The van der Waals surface area contributed by atoms with Gasteiger partial charge in [-0.3, -0.25) is 10.1 Å². The van der Waals surface area contributed by atoms with Gasteiger partial charge in [0.25, 0.3) is 5.69 Å². The summed E-state index contributed by atoms with van der Waals surface area (Å²) in [7, 11) is 0. The lowest BCUT2D eigenvalue weighted by molar-refractivity contribution is -0.385. The lowest BCUT2D eigenvalue weighted by Crippen LogP contribution is -2.12. The van der Waals surface area contributed by atoms with E-state index in [1.165, 1.54) is 6.07 Å². The van der Waals surface area contributed by atoms with Crippen LogP contribution in [0.3, 0.4) is 0 Å². The summed E-state index contributed by atoms with van der Waals surface area (Å²) >= 11 is 0. The van der Waals surface area contributed by atoms with E-state index in [4.69, 9.17) is 5.41 Å². The Morgan fingerprint density at radius 2 is 2.14 bits per heavy atom. The van der Waals surface area contributed by atoms with Crippen molar-refractivity contribution in [2.24, 2.45) is 0 Å². The predicted molar refractivity (Wildman–Crippen MR) is 52.9 cm³/mol. The highest BCUT2D eigenvalue weighted by atomic mass is 16.6. The van der Waals surface area contributed by atoms with Gasteiger partial charge in [0.1, 0.15) is 0 Å². The fourth-order valence-corrected chi connectivity index (χ4v) is 1.87. The Hall–Kier alpha value is -1.71. The van der Waals surface area contributed by atoms with Crippen LogP contribution in [0.2, 0.25) is 0 Å². The number of nitro groups is 1. The molecular weight excluding hydrogens is 180 g/mol. The first-order chi connectivity index (χ1) is 6.70. The fourth-order valence-electron chi connectivity index (χ4n) is 1.87. The zero-order chi connectivity index (χ0) is 10.1. The first-order valence-electron chi connectivity index (χ1n) is 4.54. The average Bonchev–Trinajstić information content (AvgIpc) is 2.17. The van der Waals surface area contributed by atoms with Gasteiger partial charge in [0.15, 0.2) is 0 Å². The second-order valence-corrected chi connectivity index (χ2v) is 3.39. The highest BCUT2D eigenvalue weighted by Gasteiger charge is 2.22. The fraction of sp³-hybridized carbons (Fsp3) is 0.300. The highest BCUT2D eigenvalue weighted by molar-refractivity contribution is 6.01. The normalized spacial score (nSPS) is 15.0. The highest BCUT2D eigenvalue weighted by Crippen LogP contribution is 2.28. The number of hydrogen-bond acceptors (Lipinski definition) is 3. The Balaban J connectivity index is 2.60. The molecule has 14 heavy (non-hydrogen) atoms. The molecule has 0 bridgehead atoms. The molecule has 4 heteroatoms. The standard InChI is InChI=1S/C10H10N2O2/c11-9-5-1-4-8-7(9)3-2-6-10(8)12(13)14/h2-3,6,11H,1,4-5H2. The first-order valence-corrected chi connectivity index (χ1v) is 4.54. The van der Waals surface area contributed by atoms with Crippen LogP contribution in [-0.4, -0.2) is 10.6 Å². The minimum Gasteiger partial charge on any atom is -0.305 e. The van der Waals surface area contributed by atoms with Crippen LogP contribution in [0.25, 0.3) is 0 Å². The topological polar surface area (TPSA) is 67.0 Å². The van der Waals surface area contributed by atoms with Crippen molar-refractivity contribution in [2.45, 2.75) is 19.3 Å². The average molecular weight is 190 g/mol. The van der Waals surface area contributed by atoms with Crippen LogP contribution in [0.4, 0.5) is 5.69 Å². The van der Waals surface area contributed by atoms with Crippen molar-refractivity contribution in [1.82, 2.24) is 0 Å². The molecule has 1 aromatic carbocycles. The molecule has 0 radical (unpaired) electrons. The summed E-state index contributed by atoms with van der Waals surface area (Å²) in [5.74, 6) is 0. The number of nitrogens with zero attached hydrogens (tertiary/aromatic N) is 1. The van der Waals surface area contributed by atoms with Gasteiger partial charge in [0.05, 0.1) is 4.92 Å². The second-order valence-electron chi connectivity index (χ2n) is 3.39. The Morgan fingerprint density at radius 1 is 1.36 bits per heavy atom. The number of nitro benzene ring substituents is 1. The van der Waals surface area contributed by atoms with E-state index in [0.29, 0.717) is 5.71 Å². The maximum atomic E-state index is 10.7. The van der Waals surface area contributed by atoms with Gasteiger partial charge in [0, 0.05) is 22.9 Å². The molecule has 4 nitrogen and oxygen atoms in total. The van der Waals surface area contributed by atoms with Crippen LogP contribution in [-0.2, 0) is 6.42 Å². The summed E-state index contributed by atoms with van der Waals surface area (Å²) < 4.78 is 0. The van der Waals surface area contributed by atoms with Crippen molar-refractivity contribution in [2.75, 3.05) is 0 Å². The van der Waals surface area contributed by atoms with E-state index < -0.39 is 0 Å². The van der Waals surface area contributed by atoms with E-state index in [-0.39, 0.29) is 10.6 Å². The molecule has 1 aliphatic carbocycles. The number of hydrogen-bond donors (Lipinski definition) is 1. The van der Waals surface area contributed by atoms with Crippen molar-refractivity contribution in [3.63, 3.8) is 0 Å². The molecule has 0 amide bonds. The van der Waals surface area contributed by atoms with E-state index >= 15 is 0 Å². The van der Waals surface area contributed by atoms with Gasteiger partial charge in [-0.15, -0.1) is 0 Å². The summed E-state index contributed by atoms with van der Waals surface area (Å²) in [6, 6.07) is 4.96. The molecule has 1 aromatic rings. The first kappa shape index (κ1) is 8.87. The SMILES string of the molecule is N=C1CCCc2c1cccc2[N+](=O)[O-]. The molecule has 1 aliphatic rings. The second kappa shape index (κ2) is 3.21. The molecule has 0 saturated heterocycles. The number of nitrogens with one attached hydrogen (secondary N) is 1. The van der Waals surface area contributed by atoms with Crippen LogP contribution >= 0.6 is 0 Å². The summed E-state index contributed by atoms with van der Waals surface area (Å²) in [6.45, 7) is 0. The van der Waals surface area contributed by atoms with E-state index in [1.807, 2.05) is 0 Å². The van der Waals surface area contributed by atoms with E-state index in [2.05, 4.69) is 0 Å². The van der Waals surface area contributed by atoms with Crippen LogP contribution in [0.15, 0.2) is 18.2 Å². The van der Waals surface area contributed by atoms with E-state index in [9.17, 15) is 10.1 Å². The van der Waals surface area contributed by atoms with Gasteiger partial charge < -0.3 is 5.41 Å². The summed E-state index contributed by atoms with van der Waals surface area (Å²) in [5, 5.41) is 18.4. The van der Waals surface area contributed by atoms with Crippen LogP contribution < -0.4 is 0 Å². The third kappa shape index (κ3) is 1.28. The van der Waals surface area contributed by atoms with Crippen LogP contribution in [0.5, 0.6) is 0 Å². The Morgan fingerprint density at radius 3 is 2.86 bits per heavy atom. The van der Waals surface area contributed by atoms with Crippen molar-refractivity contribution in [3.8, 4) is 0 Å². The quantitative estimate of drug-likeness (QED) is 0.545. The third-order valence-electron chi connectivity index (χ3n) is 2.53. The van der Waals surface area contributed by atoms with Gasteiger partial charge in [-0.2, -0.15) is 0 Å². The van der Waals surface area contributed by atoms with Gasteiger partial charge in [-0.25, -0.2) is 0 Å². The minimum absolute atomic E-state index is 0.159. The molecule has 0 spiro atoms. The maximum Gasteiger partial charge on any atom is 0.273 e. The zero-order valence-electron chi connectivity index (χ0n) is 7.62. The van der Waals surface area contributed by atoms with E-state index in [0.717, 1.165) is 30.4 Å². The summed E-state index contributed by atoms with van der Waals surface area (Å²) in [6.07, 6.45) is 2.29. The summed E-state index contributed by atoms with van der Waals surface area (Å²) in [4.78, 5) is 10.4. The molecule has 0 fully saturated rings. The number of benzene rings is 1. The van der Waals surface area contributed by atoms with Gasteiger partial charge in [-0.1, -0.05) is 12.1 Å². The lowest BCUT2D eigenvalue weighted by atomic mass is 9.89. The van der Waals surface area contributed by atoms with Gasteiger partial charge in [-0.05, 0) is 19.3 Å². The molecule has 2 rings (SSSR count). The van der Waals surface area contributed by atoms with Gasteiger partial charge >= 0.3 is 0 Å². The predicted octanol–water partition coefficient (Wildman–Crippen LogP) is 2.30. The monoisotopic (exact) mass is 190 g/mol. The van der Waals surface area contributed by atoms with Gasteiger partial charge in [0.2, 0.25) is 0 Å². The molecule has 0 atom stereocenters. The molecule has 0 heterocycles. The van der Waals surface area contributed by atoms with E-state index in [1.54, 1.807) is 12.1 Å². The molecule has 0 aromatic heterocycles. The third-order valence-corrected chi connectivity index (χ3v) is 2.53. The van der Waals surface area contributed by atoms with Crippen LogP contribution in [0, 0.1) is 15.5 Å². The maximum absolute atomic E-state index is 10.7. The smallest absolute Gasteiger partial charge is 0.273 e. The zero-order valence-corrected chi connectivity index (χ0v) is 7.62. The summed E-state index contributed by atoms with van der Waals surface area (Å²) in [5.41, 5.74) is 2.17. The molecule has 0 aliphatic heterocycles. The van der Waals surface area contributed by atoms with Crippen molar-refractivity contribution in [1.29, 1.82) is 5.41 Å². The lowest BCUT2D eigenvalue weighted by Gasteiger charge is -2.15. The minimum atomic E-state index is -0.364. The Kier molecular flexibility index (Phi) is 2.04.